The highest BCUT2D eigenvalue weighted by Crippen LogP contribution is 2.12. The van der Waals surface area contributed by atoms with Gasteiger partial charge in [-0.15, -0.1) is 0 Å². The van der Waals surface area contributed by atoms with Crippen molar-refractivity contribution >= 4 is 21.8 Å². The van der Waals surface area contributed by atoms with E-state index in [1.54, 1.807) is 0 Å². The molecule has 0 atom stereocenters. The highest BCUT2D eigenvalue weighted by molar-refractivity contribution is 9.09. The normalized spacial score (nSPS) is 10.4. The molecule has 0 aliphatic carbocycles. The zero-order valence-electron chi connectivity index (χ0n) is 11.2. The molecule has 0 aromatic carbocycles. The molecule has 18 heavy (non-hydrogen) atoms. The predicted molar refractivity (Wildman–Crippen MR) is 76.1 cm³/mol. The number of aryl methyl sites for hydroxylation is 2. The number of amides is 1. The average molecular weight is 314 g/mol. The monoisotopic (exact) mass is 313 g/mol. The Hall–Kier alpha value is -0.970. The van der Waals surface area contributed by atoms with Crippen LogP contribution in [-0.2, 0) is 6.42 Å². The number of nitrogens with zero attached hydrogens (tertiary/aromatic N) is 3. The molecule has 100 valence electrons. The molecule has 0 aliphatic heterocycles. The lowest BCUT2D eigenvalue weighted by Crippen LogP contribution is -2.34. The van der Waals surface area contributed by atoms with Crippen molar-refractivity contribution in [1.29, 1.82) is 0 Å². The number of rotatable bonds is 6. The predicted octanol–water partition coefficient (Wildman–Crippen LogP) is 2.59. The van der Waals surface area contributed by atoms with E-state index in [1.165, 1.54) is 0 Å². The van der Waals surface area contributed by atoms with Crippen LogP contribution in [0.1, 0.15) is 42.0 Å². The molecule has 0 spiro atoms. The van der Waals surface area contributed by atoms with Crippen molar-refractivity contribution in [1.82, 2.24) is 15.1 Å². The topological polar surface area (TPSA) is 46.1 Å². The fraction of sp³-hybridized carbons (Fsp3) is 0.615. The molecule has 0 bridgehead atoms. The number of carbonyl (C=O) groups excluding carboxylic acids is 1. The van der Waals surface area contributed by atoms with Crippen molar-refractivity contribution in [2.75, 3.05) is 18.4 Å². The van der Waals surface area contributed by atoms with Crippen LogP contribution in [0.15, 0.2) is 6.07 Å². The van der Waals surface area contributed by atoms with Crippen molar-refractivity contribution < 1.29 is 4.79 Å². The molecular weight excluding hydrogens is 294 g/mol. The number of carbonyl (C=O) groups is 1. The fourth-order valence-electron chi connectivity index (χ4n) is 1.82. The van der Waals surface area contributed by atoms with E-state index in [2.05, 4.69) is 33.1 Å². The van der Waals surface area contributed by atoms with Crippen LogP contribution < -0.4 is 0 Å². The first-order chi connectivity index (χ1) is 8.63. The number of alkyl halides is 1. The molecule has 0 saturated heterocycles. The molecular formula is C13H20BrN3O. The molecule has 1 aromatic rings. The van der Waals surface area contributed by atoms with Crippen molar-refractivity contribution in [3.05, 3.63) is 23.0 Å². The van der Waals surface area contributed by atoms with Gasteiger partial charge >= 0.3 is 0 Å². The number of hydrogen-bond acceptors (Lipinski definition) is 3. The molecule has 0 saturated carbocycles. The summed E-state index contributed by atoms with van der Waals surface area (Å²) in [7, 11) is 0. The highest BCUT2D eigenvalue weighted by Gasteiger charge is 2.18. The molecule has 5 heteroatoms. The minimum Gasteiger partial charge on any atom is -0.338 e. The summed E-state index contributed by atoms with van der Waals surface area (Å²) < 4.78 is 0. The standard InChI is InChI=1S/C13H20BrN3O/c1-4-7-17(8-6-14)13(18)11-9-10(3)15-16-12(11)5-2/h9H,4-8H2,1-3H3. The van der Waals surface area contributed by atoms with Gasteiger partial charge in [0.2, 0.25) is 0 Å². The van der Waals surface area contributed by atoms with Gasteiger partial charge in [-0.25, -0.2) is 0 Å². The van der Waals surface area contributed by atoms with Crippen LogP contribution in [0.25, 0.3) is 0 Å². The van der Waals surface area contributed by atoms with E-state index in [4.69, 9.17) is 0 Å². The Labute approximate surface area is 117 Å². The van der Waals surface area contributed by atoms with E-state index in [0.29, 0.717) is 5.56 Å². The van der Waals surface area contributed by atoms with Crippen molar-refractivity contribution in [3.8, 4) is 0 Å². The summed E-state index contributed by atoms with van der Waals surface area (Å²) in [6.07, 6.45) is 1.68. The van der Waals surface area contributed by atoms with Gasteiger partial charge in [-0.2, -0.15) is 10.2 Å². The summed E-state index contributed by atoms with van der Waals surface area (Å²) in [5.74, 6) is 0.0613. The molecule has 0 radical (unpaired) electrons. The first-order valence-corrected chi connectivity index (χ1v) is 7.44. The molecule has 0 unspecified atom stereocenters. The van der Waals surface area contributed by atoms with Crippen LogP contribution in [0, 0.1) is 6.92 Å². The third kappa shape index (κ3) is 3.77. The first kappa shape index (κ1) is 15.1. The summed E-state index contributed by atoms with van der Waals surface area (Å²) >= 11 is 3.39. The molecule has 1 aromatic heterocycles. The van der Waals surface area contributed by atoms with E-state index in [0.717, 1.165) is 42.6 Å². The Morgan fingerprint density at radius 1 is 1.33 bits per heavy atom. The third-order valence-electron chi connectivity index (χ3n) is 2.69. The van der Waals surface area contributed by atoms with Gasteiger partial charge < -0.3 is 4.90 Å². The molecule has 1 rings (SSSR count). The van der Waals surface area contributed by atoms with Crippen LogP contribution in [0.3, 0.4) is 0 Å². The lowest BCUT2D eigenvalue weighted by Gasteiger charge is -2.22. The molecule has 0 aliphatic rings. The zero-order chi connectivity index (χ0) is 13.5. The molecule has 0 fully saturated rings. The molecule has 0 N–H and O–H groups in total. The zero-order valence-corrected chi connectivity index (χ0v) is 12.8. The van der Waals surface area contributed by atoms with Crippen LogP contribution in [0.2, 0.25) is 0 Å². The minimum atomic E-state index is 0.0613. The second-order valence-electron chi connectivity index (χ2n) is 4.18. The quantitative estimate of drug-likeness (QED) is 0.758. The average Bonchev–Trinajstić information content (AvgIpc) is 2.37. The van der Waals surface area contributed by atoms with Crippen molar-refractivity contribution in [2.45, 2.75) is 33.6 Å². The number of halogens is 1. The van der Waals surface area contributed by atoms with Crippen molar-refractivity contribution in [2.24, 2.45) is 0 Å². The van der Waals surface area contributed by atoms with Gasteiger partial charge in [0.25, 0.3) is 5.91 Å². The molecule has 1 amide bonds. The van der Waals surface area contributed by atoms with Gasteiger partial charge in [0.05, 0.1) is 17.0 Å². The molecule has 1 heterocycles. The Morgan fingerprint density at radius 3 is 2.61 bits per heavy atom. The lowest BCUT2D eigenvalue weighted by atomic mass is 10.1. The van der Waals surface area contributed by atoms with Gasteiger partial charge in [0, 0.05) is 18.4 Å². The Kier molecular flexibility index (Phi) is 6.25. The maximum absolute atomic E-state index is 12.5. The minimum absolute atomic E-state index is 0.0613. The van der Waals surface area contributed by atoms with Gasteiger partial charge in [-0.1, -0.05) is 29.8 Å². The summed E-state index contributed by atoms with van der Waals surface area (Å²) in [6, 6.07) is 1.84. The van der Waals surface area contributed by atoms with E-state index >= 15 is 0 Å². The van der Waals surface area contributed by atoms with Gasteiger partial charge in [-0.3, -0.25) is 4.79 Å². The second kappa shape index (κ2) is 7.46. The highest BCUT2D eigenvalue weighted by atomic mass is 79.9. The largest absolute Gasteiger partial charge is 0.338 e. The van der Waals surface area contributed by atoms with Crippen LogP contribution in [0.4, 0.5) is 0 Å². The van der Waals surface area contributed by atoms with Crippen molar-refractivity contribution in [3.63, 3.8) is 0 Å². The van der Waals surface area contributed by atoms with Gasteiger partial charge in [0.1, 0.15) is 0 Å². The van der Waals surface area contributed by atoms with E-state index < -0.39 is 0 Å². The smallest absolute Gasteiger partial charge is 0.255 e. The SMILES string of the molecule is CCCN(CCBr)C(=O)c1cc(C)nnc1CC. The summed E-state index contributed by atoms with van der Waals surface area (Å²) in [4.78, 5) is 14.4. The van der Waals surface area contributed by atoms with Gasteiger partial charge in [-0.05, 0) is 25.8 Å². The second-order valence-corrected chi connectivity index (χ2v) is 4.97. The Balaban J connectivity index is 3.02. The molecule has 4 nitrogen and oxygen atoms in total. The number of aromatic nitrogens is 2. The van der Waals surface area contributed by atoms with E-state index in [1.807, 2.05) is 24.8 Å². The third-order valence-corrected chi connectivity index (χ3v) is 3.05. The van der Waals surface area contributed by atoms with Crippen LogP contribution >= 0.6 is 15.9 Å². The summed E-state index contributed by atoms with van der Waals surface area (Å²) in [5, 5.41) is 8.91. The van der Waals surface area contributed by atoms with Crippen LogP contribution in [-0.4, -0.2) is 39.4 Å². The maximum Gasteiger partial charge on any atom is 0.255 e. The van der Waals surface area contributed by atoms with E-state index in [9.17, 15) is 4.79 Å². The Bertz CT molecular complexity index is 403. The summed E-state index contributed by atoms with van der Waals surface area (Å²) in [6.45, 7) is 7.42. The maximum atomic E-state index is 12.5. The van der Waals surface area contributed by atoms with E-state index in [-0.39, 0.29) is 5.91 Å². The Morgan fingerprint density at radius 2 is 2.06 bits per heavy atom. The number of hydrogen-bond donors (Lipinski definition) is 0. The first-order valence-electron chi connectivity index (χ1n) is 6.32. The lowest BCUT2D eigenvalue weighted by molar-refractivity contribution is 0.0764. The fourth-order valence-corrected chi connectivity index (χ4v) is 2.25. The van der Waals surface area contributed by atoms with Crippen LogP contribution in [0.5, 0.6) is 0 Å². The summed E-state index contributed by atoms with van der Waals surface area (Å²) in [5.41, 5.74) is 2.26. The van der Waals surface area contributed by atoms with Gasteiger partial charge in [0.15, 0.2) is 0 Å².